The minimum Gasteiger partial charge on any atom is -0.477 e. The number of pyridine rings is 2. The van der Waals surface area contributed by atoms with Crippen molar-refractivity contribution < 1.29 is 14.3 Å². The summed E-state index contributed by atoms with van der Waals surface area (Å²) in [6.45, 7) is 2.03. The summed E-state index contributed by atoms with van der Waals surface area (Å²) in [7, 11) is 1.64. The van der Waals surface area contributed by atoms with Gasteiger partial charge in [0.05, 0.1) is 22.6 Å². The lowest BCUT2D eigenvalue weighted by Crippen LogP contribution is -2.45. The molecule has 0 radical (unpaired) electrons. The zero-order chi connectivity index (χ0) is 21.7. The number of thiophene rings is 1. The summed E-state index contributed by atoms with van der Waals surface area (Å²) < 4.78 is 16.6. The Balaban J connectivity index is 1.61. The van der Waals surface area contributed by atoms with Gasteiger partial charge in [-0.15, -0.1) is 11.3 Å². The Morgan fingerprint density at radius 3 is 2.94 bits per heavy atom. The van der Waals surface area contributed by atoms with Gasteiger partial charge in [0.25, 0.3) is 0 Å². The molecule has 1 fully saturated rings. The molecule has 3 aromatic heterocycles. The van der Waals surface area contributed by atoms with Crippen LogP contribution in [0, 0.1) is 5.82 Å². The van der Waals surface area contributed by atoms with Crippen LogP contribution in [0.2, 0.25) is 0 Å². The molecular formula is C22H19FN4O3S. The van der Waals surface area contributed by atoms with Crippen LogP contribution in [-0.4, -0.2) is 40.3 Å². The Hall–Kier alpha value is -3.30. The maximum atomic E-state index is 15.1. The van der Waals surface area contributed by atoms with Crippen LogP contribution in [0.5, 0.6) is 0 Å². The normalized spacial score (nSPS) is 16.8. The van der Waals surface area contributed by atoms with Crippen molar-refractivity contribution >= 4 is 44.9 Å². The lowest BCUT2D eigenvalue weighted by Gasteiger charge is -2.35. The van der Waals surface area contributed by atoms with E-state index in [1.165, 1.54) is 27.8 Å². The molecule has 31 heavy (non-hydrogen) atoms. The lowest BCUT2D eigenvalue weighted by atomic mass is 10.1. The Labute approximate surface area is 180 Å². The molecule has 7 nitrogen and oxygen atoms in total. The third-order valence-corrected chi connectivity index (χ3v) is 6.63. The molecule has 1 aromatic carbocycles. The monoisotopic (exact) mass is 438 g/mol. The van der Waals surface area contributed by atoms with E-state index in [-0.39, 0.29) is 17.0 Å². The van der Waals surface area contributed by atoms with Gasteiger partial charge >= 0.3 is 5.97 Å². The molecule has 0 bridgehead atoms. The van der Waals surface area contributed by atoms with Crippen molar-refractivity contribution in [3.8, 4) is 0 Å². The number of fused-ring (bicyclic) bond motifs is 2. The predicted octanol–water partition coefficient (Wildman–Crippen LogP) is 3.14. The smallest absolute Gasteiger partial charge is 0.341 e. The van der Waals surface area contributed by atoms with E-state index in [1.807, 2.05) is 16.3 Å². The van der Waals surface area contributed by atoms with Crippen LogP contribution in [-0.2, 0) is 7.05 Å². The number of benzene rings is 1. The molecule has 4 aromatic rings. The zero-order valence-electron chi connectivity index (χ0n) is 16.6. The van der Waals surface area contributed by atoms with Gasteiger partial charge < -0.3 is 19.9 Å². The van der Waals surface area contributed by atoms with Gasteiger partial charge in [-0.1, -0.05) is 6.07 Å². The number of halogens is 1. The van der Waals surface area contributed by atoms with E-state index < -0.39 is 17.2 Å². The fourth-order valence-electron chi connectivity index (χ4n) is 4.11. The van der Waals surface area contributed by atoms with E-state index in [9.17, 15) is 14.7 Å². The highest BCUT2D eigenvalue weighted by Gasteiger charge is 2.24. The van der Waals surface area contributed by atoms with Crippen molar-refractivity contribution in [3.63, 3.8) is 0 Å². The van der Waals surface area contributed by atoms with Gasteiger partial charge in [-0.3, -0.25) is 4.79 Å². The number of aryl methyl sites for hydroxylation is 1. The topological polar surface area (TPSA) is 87.5 Å². The first kappa shape index (κ1) is 19.7. The summed E-state index contributed by atoms with van der Waals surface area (Å²) in [5, 5.41) is 15.4. The average molecular weight is 438 g/mol. The number of hydrogen-bond donors (Lipinski definition) is 2. The van der Waals surface area contributed by atoms with E-state index in [0.717, 1.165) is 6.54 Å². The third kappa shape index (κ3) is 3.35. The number of rotatable bonds is 3. The molecule has 2 N–H and O–H groups in total. The quantitative estimate of drug-likeness (QED) is 0.478. The molecule has 0 amide bonds. The van der Waals surface area contributed by atoms with Gasteiger partial charge in [0.2, 0.25) is 5.43 Å². The first-order chi connectivity index (χ1) is 14.9. The second-order valence-electron chi connectivity index (χ2n) is 7.61. The predicted molar refractivity (Wildman–Crippen MR) is 119 cm³/mol. The molecule has 0 saturated carbocycles. The van der Waals surface area contributed by atoms with Gasteiger partial charge in [0.15, 0.2) is 0 Å². The van der Waals surface area contributed by atoms with Crippen molar-refractivity contribution in [1.82, 2.24) is 14.9 Å². The van der Waals surface area contributed by atoms with Crippen molar-refractivity contribution in [3.05, 3.63) is 68.4 Å². The zero-order valence-corrected chi connectivity index (χ0v) is 17.4. The number of carbonyl (C=O) groups is 1. The molecule has 1 aliphatic rings. The van der Waals surface area contributed by atoms with Crippen LogP contribution in [0.25, 0.3) is 21.9 Å². The molecule has 158 valence electrons. The third-order valence-electron chi connectivity index (χ3n) is 5.64. The molecule has 4 heterocycles. The molecular weight excluding hydrogens is 419 g/mol. The number of nitrogens with one attached hydrogen (secondary N) is 1. The molecule has 1 unspecified atom stereocenters. The Bertz CT molecular complexity index is 1380. The number of hydrogen-bond acceptors (Lipinski definition) is 6. The van der Waals surface area contributed by atoms with Crippen molar-refractivity contribution in [2.24, 2.45) is 7.05 Å². The molecule has 9 heteroatoms. The highest BCUT2D eigenvalue weighted by atomic mass is 32.1. The number of piperazine rings is 1. The van der Waals surface area contributed by atoms with E-state index >= 15 is 4.39 Å². The first-order valence-electron chi connectivity index (χ1n) is 9.81. The van der Waals surface area contributed by atoms with Crippen LogP contribution < -0.4 is 15.6 Å². The number of aromatic carboxylic acids is 1. The summed E-state index contributed by atoms with van der Waals surface area (Å²) in [5.74, 6) is -1.70. The standard InChI is InChI=1S/C22H19FN4O3S/c1-26-10-14(22(29)30)20(28)13-7-12-8-15(23)18(9-16(12)25-21(13)26)27-5-4-24-17(11-27)19-3-2-6-31-19/h2-3,6-10,17,24H,4-5,11H2,1H3,(H,29,30). The van der Waals surface area contributed by atoms with Crippen LogP contribution in [0.15, 0.2) is 46.7 Å². The maximum Gasteiger partial charge on any atom is 0.341 e. The SMILES string of the molecule is Cn1cc(C(=O)O)c(=O)c2cc3cc(F)c(N4CCNC(c5cccs5)C4)cc3nc21. The molecule has 1 saturated heterocycles. The highest BCUT2D eigenvalue weighted by molar-refractivity contribution is 7.10. The molecule has 1 atom stereocenters. The Morgan fingerprint density at radius 2 is 2.19 bits per heavy atom. The van der Waals surface area contributed by atoms with Crippen molar-refractivity contribution in [1.29, 1.82) is 0 Å². The summed E-state index contributed by atoms with van der Waals surface area (Å²) in [4.78, 5) is 31.7. The molecule has 5 rings (SSSR count). The number of carboxylic acid groups (broad SMARTS) is 1. The van der Waals surface area contributed by atoms with Crippen LogP contribution in [0.3, 0.4) is 0 Å². The summed E-state index contributed by atoms with van der Waals surface area (Å²) in [6.07, 6.45) is 1.26. The van der Waals surface area contributed by atoms with Crippen LogP contribution in [0.4, 0.5) is 10.1 Å². The first-order valence-corrected chi connectivity index (χ1v) is 10.7. The molecule has 0 spiro atoms. The van der Waals surface area contributed by atoms with Crippen LogP contribution >= 0.6 is 11.3 Å². The summed E-state index contributed by atoms with van der Waals surface area (Å²) in [5.41, 5.74) is 0.411. The minimum absolute atomic E-state index is 0.128. The second-order valence-corrected chi connectivity index (χ2v) is 8.59. The van der Waals surface area contributed by atoms with E-state index in [4.69, 9.17) is 0 Å². The van der Waals surface area contributed by atoms with Gasteiger partial charge in [0, 0.05) is 43.1 Å². The van der Waals surface area contributed by atoms with Gasteiger partial charge in [-0.2, -0.15) is 0 Å². The average Bonchev–Trinajstić information content (AvgIpc) is 3.30. The van der Waals surface area contributed by atoms with E-state index in [2.05, 4.69) is 16.4 Å². The fourth-order valence-corrected chi connectivity index (χ4v) is 4.90. The maximum absolute atomic E-state index is 15.1. The van der Waals surface area contributed by atoms with E-state index in [0.29, 0.717) is 35.3 Å². The van der Waals surface area contributed by atoms with Gasteiger partial charge in [0.1, 0.15) is 17.0 Å². The van der Waals surface area contributed by atoms with Crippen molar-refractivity contribution in [2.75, 3.05) is 24.5 Å². The molecule has 0 aliphatic carbocycles. The number of carboxylic acids is 1. The number of anilines is 1. The Kier molecular flexibility index (Phi) is 4.71. The van der Waals surface area contributed by atoms with Gasteiger partial charge in [-0.05, 0) is 29.6 Å². The fraction of sp³-hybridized carbons (Fsp3) is 0.227. The number of nitrogens with zero attached hydrogens (tertiary/aromatic N) is 3. The van der Waals surface area contributed by atoms with E-state index in [1.54, 1.807) is 24.5 Å². The molecule has 1 aliphatic heterocycles. The number of aromatic nitrogens is 2. The summed E-state index contributed by atoms with van der Waals surface area (Å²) in [6, 6.07) is 8.80. The van der Waals surface area contributed by atoms with Crippen molar-refractivity contribution in [2.45, 2.75) is 6.04 Å². The van der Waals surface area contributed by atoms with Crippen LogP contribution in [0.1, 0.15) is 21.3 Å². The lowest BCUT2D eigenvalue weighted by molar-refractivity contribution is 0.0695. The largest absolute Gasteiger partial charge is 0.477 e. The summed E-state index contributed by atoms with van der Waals surface area (Å²) >= 11 is 1.67. The highest BCUT2D eigenvalue weighted by Crippen LogP contribution is 2.30. The minimum atomic E-state index is -1.30. The second kappa shape index (κ2) is 7.44. The van der Waals surface area contributed by atoms with Gasteiger partial charge in [-0.25, -0.2) is 14.2 Å². The Morgan fingerprint density at radius 1 is 1.35 bits per heavy atom.